The quantitative estimate of drug-likeness (QED) is 0.527. The lowest BCUT2D eigenvalue weighted by Gasteiger charge is -2.26. The van der Waals surface area contributed by atoms with E-state index >= 15 is 0 Å². The summed E-state index contributed by atoms with van der Waals surface area (Å²) < 4.78 is 5.34. The summed E-state index contributed by atoms with van der Waals surface area (Å²) >= 11 is 0. The Morgan fingerprint density at radius 1 is 1.62 bits per heavy atom. The lowest BCUT2D eigenvalue weighted by molar-refractivity contribution is -0.114. The number of aldehydes is 1. The van der Waals surface area contributed by atoms with Crippen LogP contribution in [-0.4, -0.2) is 19.5 Å². The van der Waals surface area contributed by atoms with Gasteiger partial charge in [-0.05, 0) is 32.1 Å². The van der Waals surface area contributed by atoms with Crippen molar-refractivity contribution in [2.75, 3.05) is 7.11 Å². The van der Waals surface area contributed by atoms with Crippen molar-refractivity contribution in [3.8, 4) is 0 Å². The van der Waals surface area contributed by atoms with Crippen molar-refractivity contribution < 1.29 is 9.53 Å². The second-order valence-electron chi connectivity index (χ2n) is 4.57. The first-order valence-corrected chi connectivity index (χ1v) is 6.01. The zero-order chi connectivity index (χ0) is 12.0. The Balaban J connectivity index is 2.61. The van der Waals surface area contributed by atoms with Crippen molar-refractivity contribution >= 4 is 6.29 Å². The van der Waals surface area contributed by atoms with Crippen LogP contribution in [0.25, 0.3) is 0 Å². The zero-order valence-electron chi connectivity index (χ0n) is 10.5. The molecule has 3 atom stereocenters. The zero-order valence-corrected chi connectivity index (χ0v) is 10.5. The molecule has 0 bridgehead atoms. The van der Waals surface area contributed by atoms with Crippen molar-refractivity contribution in [3.05, 3.63) is 23.8 Å². The van der Waals surface area contributed by atoms with E-state index in [0.29, 0.717) is 5.92 Å². The molecule has 90 valence electrons. The molecule has 0 aromatic heterocycles. The molecule has 0 saturated heterocycles. The van der Waals surface area contributed by atoms with Gasteiger partial charge in [0.25, 0.3) is 0 Å². The Bertz CT molecular complexity index is 278. The first-order valence-electron chi connectivity index (χ1n) is 6.01. The van der Waals surface area contributed by atoms with Crippen LogP contribution < -0.4 is 0 Å². The van der Waals surface area contributed by atoms with E-state index in [1.807, 2.05) is 6.92 Å². The highest BCUT2D eigenvalue weighted by Gasteiger charge is 2.24. The maximum absolute atomic E-state index is 10.8. The van der Waals surface area contributed by atoms with Crippen LogP contribution in [0.2, 0.25) is 0 Å². The molecule has 1 aliphatic rings. The molecule has 2 nitrogen and oxygen atoms in total. The molecule has 0 heterocycles. The SMILES string of the molecule is CC=CC(C)CC1=CC(OC)C(C=O)CC1. The molecule has 0 aromatic carbocycles. The van der Waals surface area contributed by atoms with E-state index in [9.17, 15) is 4.79 Å². The van der Waals surface area contributed by atoms with Crippen molar-refractivity contribution in [1.29, 1.82) is 0 Å². The first kappa shape index (κ1) is 13.2. The van der Waals surface area contributed by atoms with Crippen molar-refractivity contribution in [3.63, 3.8) is 0 Å². The van der Waals surface area contributed by atoms with Crippen LogP contribution in [0.3, 0.4) is 0 Å². The van der Waals surface area contributed by atoms with Gasteiger partial charge >= 0.3 is 0 Å². The third-order valence-electron chi connectivity index (χ3n) is 3.17. The molecule has 0 aliphatic heterocycles. The van der Waals surface area contributed by atoms with Crippen LogP contribution in [0, 0.1) is 11.8 Å². The second-order valence-corrected chi connectivity index (χ2v) is 4.57. The molecule has 0 amide bonds. The number of carbonyl (C=O) groups excluding carboxylic acids is 1. The Morgan fingerprint density at radius 2 is 2.38 bits per heavy atom. The number of ether oxygens (including phenoxy) is 1. The van der Waals surface area contributed by atoms with E-state index in [-0.39, 0.29) is 12.0 Å². The lowest BCUT2D eigenvalue weighted by Crippen LogP contribution is -2.26. The molecule has 0 spiro atoms. The van der Waals surface area contributed by atoms with Gasteiger partial charge in [0.2, 0.25) is 0 Å². The van der Waals surface area contributed by atoms with Crippen LogP contribution in [0.15, 0.2) is 23.8 Å². The fourth-order valence-electron chi connectivity index (χ4n) is 2.32. The summed E-state index contributed by atoms with van der Waals surface area (Å²) in [5, 5.41) is 0. The normalized spacial score (nSPS) is 27.8. The van der Waals surface area contributed by atoms with Crippen LogP contribution in [0.4, 0.5) is 0 Å². The molecular weight excluding hydrogens is 200 g/mol. The van der Waals surface area contributed by atoms with Crippen molar-refractivity contribution in [2.24, 2.45) is 11.8 Å². The van der Waals surface area contributed by atoms with E-state index in [0.717, 1.165) is 25.5 Å². The van der Waals surface area contributed by atoms with Gasteiger partial charge in [-0.2, -0.15) is 0 Å². The number of hydrogen-bond donors (Lipinski definition) is 0. The Labute approximate surface area is 98.4 Å². The van der Waals surface area contributed by atoms with Gasteiger partial charge in [-0.1, -0.05) is 30.7 Å². The van der Waals surface area contributed by atoms with Gasteiger partial charge in [0.1, 0.15) is 6.29 Å². The highest BCUT2D eigenvalue weighted by atomic mass is 16.5. The molecular formula is C14H22O2. The number of rotatable bonds is 5. The number of hydrogen-bond acceptors (Lipinski definition) is 2. The molecule has 16 heavy (non-hydrogen) atoms. The molecule has 0 N–H and O–H groups in total. The van der Waals surface area contributed by atoms with E-state index in [1.165, 1.54) is 5.57 Å². The first-order chi connectivity index (χ1) is 7.71. The van der Waals surface area contributed by atoms with E-state index < -0.39 is 0 Å². The fraction of sp³-hybridized carbons (Fsp3) is 0.643. The van der Waals surface area contributed by atoms with Gasteiger partial charge in [0, 0.05) is 13.0 Å². The average molecular weight is 222 g/mol. The molecule has 0 radical (unpaired) electrons. The maximum atomic E-state index is 10.8. The van der Waals surface area contributed by atoms with Crippen LogP contribution in [-0.2, 0) is 9.53 Å². The Kier molecular flexibility index (Phi) is 5.47. The minimum absolute atomic E-state index is 0.0148. The van der Waals surface area contributed by atoms with Crippen LogP contribution >= 0.6 is 0 Å². The molecule has 1 rings (SSSR count). The third kappa shape index (κ3) is 3.60. The Hall–Kier alpha value is -0.890. The molecule has 0 fully saturated rings. The van der Waals surface area contributed by atoms with E-state index in [4.69, 9.17) is 4.74 Å². The summed E-state index contributed by atoms with van der Waals surface area (Å²) in [7, 11) is 1.68. The third-order valence-corrected chi connectivity index (χ3v) is 3.17. The van der Waals surface area contributed by atoms with Crippen LogP contribution in [0.1, 0.15) is 33.1 Å². The maximum Gasteiger partial charge on any atom is 0.126 e. The standard InChI is InChI=1S/C14H22O2/c1-4-5-11(2)8-12-6-7-13(10-15)14(9-12)16-3/h4-5,9-11,13-14H,6-8H2,1-3H3. The topological polar surface area (TPSA) is 26.3 Å². The summed E-state index contributed by atoms with van der Waals surface area (Å²) in [5.74, 6) is 0.618. The van der Waals surface area contributed by atoms with Crippen molar-refractivity contribution in [1.82, 2.24) is 0 Å². The van der Waals surface area contributed by atoms with E-state index in [1.54, 1.807) is 7.11 Å². The second kappa shape index (κ2) is 6.64. The molecule has 1 aliphatic carbocycles. The largest absolute Gasteiger partial charge is 0.377 e. The lowest BCUT2D eigenvalue weighted by atomic mass is 9.84. The predicted molar refractivity (Wildman–Crippen MR) is 66.3 cm³/mol. The van der Waals surface area contributed by atoms with Crippen molar-refractivity contribution in [2.45, 2.75) is 39.2 Å². The highest BCUT2D eigenvalue weighted by molar-refractivity contribution is 5.56. The number of allylic oxidation sites excluding steroid dienone is 3. The molecule has 3 unspecified atom stereocenters. The van der Waals surface area contributed by atoms with Gasteiger partial charge in [-0.25, -0.2) is 0 Å². The summed E-state index contributed by atoms with van der Waals surface area (Å²) in [6.45, 7) is 4.26. The van der Waals surface area contributed by atoms with Gasteiger partial charge in [-0.15, -0.1) is 0 Å². The minimum Gasteiger partial charge on any atom is -0.377 e. The number of methoxy groups -OCH3 is 1. The number of carbonyl (C=O) groups is 1. The monoisotopic (exact) mass is 222 g/mol. The van der Waals surface area contributed by atoms with Gasteiger partial charge in [-0.3, -0.25) is 0 Å². The summed E-state index contributed by atoms with van der Waals surface area (Å²) in [4.78, 5) is 10.8. The molecule has 0 saturated carbocycles. The smallest absolute Gasteiger partial charge is 0.126 e. The molecule has 2 heteroatoms. The summed E-state index contributed by atoms with van der Waals surface area (Å²) in [5.41, 5.74) is 1.43. The summed E-state index contributed by atoms with van der Waals surface area (Å²) in [6.07, 6.45) is 10.5. The highest BCUT2D eigenvalue weighted by Crippen LogP contribution is 2.28. The Morgan fingerprint density at radius 3 is 2.94 bits per heavy atom. The minimum atomic E-state index is -0.0148. The average Bonchev–Trinajstić information content (AvgIpc) is 2.29. The van der Waals surface area contributed by atoms with Gasteiger partial charge in [0.05, 0.1) is 6.10 Å². The van der Waals surface area contributed by atoms with Gasteiger partial charge < -0.3 is 9.53 Å². The summed E-state index contributed by atoms with van der Waals surface area (Å²) in [6, 6.07) is 0. The van der Waals surface area contributed by atoms with Crippen LogP contribution in [0.5, 0.6) is 0 Å². The van der Waals surface area contributed by atoms with Gasteiger partial charge in [0.15, 0.2) is 0 Å². The predicted octanol–water partition coefficient (Wildman–Crippen LogP) is 3.14. The molecule has 0 aromatic rings. The van der Waals surface area contributed by atoms with E-state index in [2.05, 4.69) is 25.2 Å². The fourth-order valence-corrected chi connectivity index (χ4v) is 2.32.